The van der Waals surface area contributed by atoms with Crippen LogP contribution in [0.3, 0.4) is 0 Å². The van der Waals surface area contributed by atoms with Gasteiger partial charge in [-0.25, -0.2) is 13.4 Å². The van der Waals surface area contributed by atoms with Crippen LogP contribution in [0, 0.1) is 17.2 Å². The van der Waals surface area contributed by atoms with E-state index in [0.29, 0.717) is 18.9 Å². The van der Waals surface area contributed by atoms with Gasteiger partial charge in [-0.15, -0.1) is 0 Å². The second-order valence-electron chi connectivity index (χ2n) is 4.76. The Morgan fingerprint density at radius 3 is 2.76 bits per heavy atom. The zero-order chi connectivity index (χ0) is 15.9. The van der Waals surface area contributed by atoms with E-state index in [1.54, 1.807) is 32.2 Å². The van der Waals surface area contributed by atoms with E-state index in [-0.39, 0.29) is 17.4 Å². The lowest BCUT2D eigenvalue weighted by Crippen LogP contribution is -2.35. The van der Waals surface area contributed by atoms with Crippen molar-refractivity contribution in [3.63, 3.8) is 0 Å². The molecular weight excluding hydrogens is 288 g/mol. The van der Waals surface area contributed by atoms with Crippen LogP contribution in [0.15, 0.2) is 23.2 Å². The summed E-state index contributed by atoms with van der Waals surface area (Å²) in [7, 11) is -3.66. The van der Waals surface area contributed by atoms with Crippen molar-refractivity contribution in [3.8, 4) is 6.07 Å². The number of sulfonamides is 1. The molecule has 0 spiro atoms. The topological polar surface area (TPSA) is 86.1 Å². The van der Waals surface area contributed by atoms with Crippen LogP contribution in [0.1, 0.15) is 27.2 Å². The molecule has 1 rings (SSSR count). The summed E-state index contributed by atoms with van der Waals surface area (Å²) in [5.74, 6) is 0.00542. The molecule has 0 amide bonds. The summed E-state index contributed by atoms with van der Waals surface area (Å²) in [6.45, 7) is 6.61. The number of nitrogens with one attached hydrogen (secondary N) is 1. The maximum absolute atomic E-state index is 12.7. The van der Waals surface area contributed by atoms with Crippen molar-refractivity contribution in [3.05, 3.63) is 18.3 Å². The van der Waals surface area contributed by atoms with Gasteiger partial charge in [-0.2, -0.15) is 9.57 Å². The van der Waals surface area contributed by atoms with Crippen molar-refractivity contribution in [2.24, 2.45) is 5.92 Å². The van der Waals surface area contributed by atoms with Gasteiger partial charge in [0.1, 0.15) is 10.7 Å². The van der Waals surface area contributed by atoms with Crippen molar-refractivity contribution in [2.75, 3.05) is 25.0 Å². The third-order valence-electron chi connectivity index (χ3n) is 2.98. The third-order valence-corrected chi connectivity index (χ3v) is 4.95. The van der Waals surface area contributed by atoms with Gasteiger partial charge in [0.25, 0.3) is 0 Å². The SMILES string of the molecule is CCCNc1ncccc1S(=O)(=O)N(CC)CC(C)C#N. The predicted molar refractivity (Wildman–Crippen MR) is 82.2 cm³/mol. The fourth-order valence-corrected chi connectivity index (χ4v) is 3.52. The minimum absolute atomic E-state index is 0.158. The summed E-state index contributed by atoms with van der Waals surface area (Å²) in [5.41, 5.74) is 0. The van der Waals surface area contributed by atoms with Crippen molar-refractivity contribution < 1.29 is 8.42 Å². The van der Waals surface area contributed by atoms with Gasteiger partial charge < -0.3 is 5.32 Å². The minimum atomic E-state index is -3.66. The lowest BCUT2D eigenvalue weighted by molar-refractivity contribution is 0.400. The molecule has 1 atom stereocenters. The quantitative estimate of drug-likeness (QED) is 0.794. The molecule has 0 aromatic carbocycles. The molecule has 0 bridgehead atoms. The maximum Gasteiger partial charge on any atom is 0.246 e. The molecule has 1 aromatic rings. The average molecular weight is 310 g/mol. The van der Waals surface area contributed by atoms with Crippen LogP contribution in [-0.4, -0.2) is 37.3 Å². The van der Waals surface area contributed by atoms with Gasteiger partial charge in [0.2, 0.25) is 10.0 Å². The molecule has 0 aliphatic carbocycles. The first-order valence-electron chi connectivity index (χ1n) is 7.06. The molecule has 21 heavy (non-hydrogen) atoms. The van der Waals surface area contributed by atoms with Crippen LogP contribution >= 0.6 is 0 Å². The molecule has 0 fully saturated rings. The summed E-state index contributed by atoms with van der Waals surface area (Å²) in [6, 6.07) is 5.21. The highest BCUT2D eigenvalue weighted by atomic mass is 32.2. The highest BCUT2D eigenvalue weighted by Gasteiger charge is 2.27. The number of aromatic nitrogens is 1. The molecule has 0 aliphatic rings. The molecule has 0 aliphatic heterocycles. The summed E-state index contributed by atoms with van der Waals surface area (Å²) >= 11 is 0. The first-order valence-corrected chi connectivity index (χ1v) is 8.50. The van der Waals surface area contributed by atoms with E-state index in [0.717, 1.165) is 6.42 Å². The molecule has 1 heterocycles. The Bertz CT molecular complexity index is 595. The van der Waals surface area contributed by atoms with Crippen LogP contribution in [-0.2, 0) is 10.0 Å². The number of nitriles is 1. The molecule has 6 nitrogen and oxygen atoms in total. The van der Waals surface area contributed by atoms with Gasteiger partial charge in [-0.05, 0) is 25.5 Å². The van der Waals surface area contributed by atoms with Crippen molar-refractivity contribution in [2.45, 2.75) is 32.1 Å². The first kappa shape index (κ1) is 17.4. The van der Waals surface area contributed by atoms with Gasteiger partial charge in [-0.3, -0.25) is 0 Å². The zero-order valence-electron chi connectivity index (χ0n) is 12.7. The highest BCUT2D eigenvalue weighted by Crippen LogP contribution is 2.23. The maximum atomic E-state index is 12.7. The zero-order valence-corrected chi connectivity index (χ0v) is 13.5. The number of rotatable bonds is 8. The molecule has 116 valence electrons. The number of nitrogens with zero attached hydrogens (tertiary/aromatic N) is 3. The Morgan fingerprint density at radius 1 is 1.48 bits per heavy atom. The van der Waals surface area contributed by atoms with E-state index in [4.69, 9.17) is 5.26 Å². The monoisotopic (exact) mass is 310 g/mol. The second-order valence-corrected chi connectivity index (χ2v) is 6.67. The van der Waals surface area contributed by atoms with Gasteiger partial charge in [0, 0.05) is 25.8 Å². The van der Waals surface area contributed by atoms with Crippen molar-refractivity contribution in [1.29, 1.82) is 5.26 Å². The summed E-state index contributed by atoms with van der Waals surface area (Å²) in [4.78, 5) is 4.27. The third kappa shape index (κ3) is 4.41. The van der Waals surface area contributed by atoms with Crippen molar-refractivity contribution >= 4 is 15.8 Å². The molecule has 1 N–H and O–H groups in total. The van der Waals surface area contributed by atoms with Crippen molar-refractivity contribution in [1.82, 2.24) is 9.29 Å². The highest BCUT2D eigenvalue weighted by molar-refractivity contribution is 7.89. The van der Waals surface area contributed by atoms with Gasteiger partial charge >= 0.3 is 0 Å². The summed E-state index contributed by atoms with van der Waals surface area (Å²) in [6.07, 6.45) is 2.43. The second kappa shape index (κ2) is 7.96. The Hall–Kier alpha value is -1.65. The smallest absolute Gasteiger partial charge is 0.246 e. The van der Waals surface area contributed by atoms with E-state index in [2.05, 4.69) is 16.4 Å². The van der Waals surface area contributed by atoms with Crippen LogP contribution in [0.5, 0.6) is 0 Å². The molecule has 1 aromatic heterocycles. The molecule has 7 heteroatoms. The van der Waals surface area contributed by atoms with Gasteiger partial charge in [0.15, 0.2) is 0 Å². The Balaban J connectivity index is 3.14. The lowest BCUT2D eigenvalue weighted by Gasteiger charge is -2.22. The number of anilines is 1. The molecule has 1 unspecified atom stereocenters. The predicted octanol–water partition coefficient (Wildman–Crippen LogP) is 2.07. The number of pyridine rings is 1. The largest absolute Gasteiger partial charge is 0.369 e. The van der Waals surface area contributed by atoms with Gasteiger partial charge in [-0.1, -0.05) is 13.8 Å². The standard InChI is InChI=1S/C14H22N4O2S/c1-4-8-16-14-13(7-6-9-17-14)21(19,20)18(5-2)11-12(3)10-15/h6-7,9,12H,4-5,8,11H2,1-3H3,(H,16,17). The molecule has 0 saturated heterocycles. The number of hydrogen-bond acceptors (Lipinski definition) is 5. The van der Waals surface area contributed by atoms with Crippen LogP contribution in [0.4, 0.5) is 5.82 Å². The van der Waals surface area contributed by atoms with Crippen LogP contribution < -0.4 is 5.32 Å². The van der Waals surface area contributed by atoms with Crippen LogP contribution in [0.2, 0.25) is 0 Å². The fourth-order valence-electron chi connectivity index (χ4n) is 1.86. The molecule has 0 saturated carbocycles. The molecule has 0 radical (unpaired) electrons. The Labute approximate surface area is 126 Å². The first-order chi connectivity index (χ1) is 9.97. The average Bonchev–Trinajstić information content (AvgIpc) is 2.50. The van der Waals surface area contributed by atoms with E-state index < -0.39 is 10.0 Å². The number of hydrogen-bond donors (Lipinski definition) is 1. The Kier molecular flexibility index (Phi) is 6.59. The van der Waals surface area contributed by atoms with Crippen LogP contribution in [0.25, 0.3) is 0 Å². The summed E-state index contributed by atoms with van der Waals surface area (Å²) < 4.78 is 26.8. The fraction of sp³-hybridized carbons (Fsp3) is 0.571. The normalized spacial score (nSPS) is 12.9. The lowest BCUT2D eigenvalue weighted by atomic mass is 10.2. The Morgan fingerprint density at radius 2 is 2.19 bits per heavy atom. The molecular formula is C14H22N4O2S. The van der Waals surface area contributed by atoms with E-state index in [1.807, 2.05) is 6.92 Å². The summed E-state index contributed by atoms with van der Waals surface area (Å²) in [5, 5.41) is 11.9. The van der Waals surface area contributed by atoms with Gasteiger partial charge in [0.05, 0.1) is 12.0 Å². The van der Waals surface area contributed by atoms with E-state index >= 15 is 0 Å². The minimum Gasteiger partial charge on any atom is -0.369 e. The van der Waals surface area contributed by atoms with E-state index in [9.17, 15) is 8.42 Å². The van der Waals surface area contributed by atoms with E-state index in [1.165, 1.54) is 4.31 Å².